The Balaban J connectivity index is 2.38. The Morgan fingerprint density at radius 2 is 1.95 bits per heavy atom. The number of hydrogen-bond acceptors (Lipinski definition) is 5. The van der Waals surface area contributed by atoms with Gasteiger partial charge in [-0.1, -0.05) is 11.6 Å². The van der Waals surface area contributed by atoms with Crippen molar-refractivity contribution in [2.24, 2.45) is 0 Å². The highest BCUT2D eigenvalue weighted by Crippen LogP contribution is 2.23. The van der Waals surface area contributed by atoms with Crippen molar-refractivity contribution in [3.63, 3.8) is 0 Å². The molecule has 0 unspecified atom stereocenters. The van der Waals surface area contributed by atoms with Crippen LogP contribution in [-0.2, 0) is 10.0 Å². The second-order valence-electron chi connectivity index (χ2n) is 3.95. The summed E-state index contributed by atoms with van der Waals surface area (Å²) in [5.41, 5.74) is -0.512. The van der Waals surface area contributed by atoms with E-state index in [4.69, 9.17) is 16.7 Å². The van der Waals surface area contributed by atoms with Gasteiger partial charge in [0, 0.05) is 6.20 Å². The molecular weight excluding hydrogens is 320 g/mol. The van der Waals surface area contributed by atoms with Gasteiger partial charge in [0.15, 0.2) is 0 Å². The lowest BCUT2D eigenvalue weighted by atomic mass is 10.2. The Labute approximate surface area is 124 Å². The van der Waals surface area contributed by atoms with Crippen LogP contribution in [0.1, 0.15) is 10.4 Å². The largest absolute Gasteiger partial charge is 0.507 e. The molecule has 1 aromatic heterocycles. The molecule has 0 aliphatic heterocycles. The number of carbonyl (C=O) groups is 1. The summed E-state index contributed by atoms with van der Waals surface area (Å²) in [6.45, 7) is 0. The third-order valence-corrected chi connectivity index (χ3v) is 4.05. The monoisotopic (exact) mass is 328 g/mol. The van der Waals surface area contributed by atoms with Crippen LogP contribution in [0.25, 0.3) is 0 Å². The zero-order chi connectivity index (χ0) is 15.6. The topological polar surface area (TPSA) is 117 Å². The van der Waals surface area contributed by atoms with Crippen LogP contribution in [0, 0.1) is 0 Å². The molecule has 0 fully saturated rings. The highest BCUT2D eigenvalue weighted by molar-refractivity contribution is 7.92. The fourth-order valence-electron chi connectivity index (χ4n) is 1.49. The van der Waals surface area contributed by atoms with Crippen LogP contribution >= 0.6 is 11.6 Å². The number of benzene rings is 1. The van der Waals surface area contributed by atoms with Crippen molar-refractivity contribution < 1.29 is 23.4 Å². The molecule has 21 heavy (non-hydrogen) atoms. The number of carboxylic acid groups (broad SMARTS) is 1. The molecule has 7 nitrogen and oxygen atoms in total. The summed E-state index contributed by atoms with van der Waals surface area (Å²) in [4.78, 5) is 14.4. The molecule has 2 rings (SSSR count). The number of aromatic nitrogens is 1. The number of phenols is 1. The standard InChI is InChI=1S/C12H9ClN2O5S/c13-7-1-4-11(14-6-7)15-21(19,20)8-2-3-10(16)9(5-8)12(17)18/h1-6,16H,(H,14,15)(H,17,18). The van der Waals surface area contributed by atoms with Crippen molar-refractivity contribution in [1.82, 2.24) is 4.98 Å². The number of hydrogen-bond donors (Lipinski definition) is 3. The molecule has 0 aliphatic carbocycles. The summed E-state index contributed by atoms with van der Waals surface area (Å²) in [5.74, 6) is -1.93. The normalized spacial score (nSPS) is 11.1. The predicted octanol–water partition coefficient (Wildman–Crippen LogP) is 1.94. The van der Waals surface area contributed by atoms with Gasteiger partial charge >= 0.3 is 5.97 Å². The Hall–Kier alpha value is -2.32. The summed E-state index contributed by atoms with van der Waals surface area (Å²) in [6, 6.07) is 5.74. The first-order chi connectivity index (χ1) is 9.79. The second-order valence-corrected chi connectivity index (χ2v) is 6.07. The number of aromatic hydroxyl groups is 1. The Bertz CT molecular complexity index is 790. The van der Waals surface area contributed by atoms with Crippen LogP contribution in [-0.4, -0.2) is 29.6 Å². The third kappa shape index (κ3) is 3.41. The van der Waals surface area contributed by atoms with E-state index in [1.54, 1.807) is 0 Å². The van der Waals surface area contributed by atoms with Crippen molar-refractivity contribution in [3.05, 3.63) is 47.1 Å². The molecule has 0 bridgehead atoms. The molecule has 0 radical (unpaired) electrons. The first-order valence-electron chi connectivity index (χ1n) is 5.50. The van der Waals surface area contributed by atoms with Gasteiger partial charge in [-0.2, -0.15) is 0 Å². The highest BCUT2D eigenvalue weighted by atomic mass is 35.5. The number of pyridine rings is 1. The van der Waals surface area contributed by atoms with E-state index in [1.165, 1.54) is 18.3 Å². The molecule has 0 saturated heterocycles. The number of halogens is 1. The van der Waals surface area contributed by atoms with Gasteiger partial charge in [-0.15, -0.1) is 0 Å². The van der Waals surface area contributed by atoms with Gasteiger partial charge < -0.3 is 10.2 Å². The van der Waals surface area contributed by atoms with Crippen LogP contribution in [0.3, 0.4) is 0 Å². The summed E-state index contributed by atoms with van der Waals surface area (Å²) < 4.78 is 26.4. The van der Waals surface area contributed by atoms with Gasteiger partial charge in [-0.05, 0) is 30.3 Å². The van der Waals surface area contributed by atoms with E-state index in [9.17, 15) is 18.3 Å². The van der Waals surface area contributed by atoms with Crippen LogP contribution in [0.4, 0.5) is 5.82 Å². The van der Waals surface area contributed by atoms with E-state index < -0.39 is 27.3 Å². The van der Waals surface area contributed by atoms with E-state index >= 15 is 0 Å². The van der Waals surface area contributed by atoms with Gasteiger partial charge in [0.2, 0.25) is 0 Å². The molecule has 1 aromatic carbocycles. The zero-order valence-electron chi connectivity index (χ0n) is 10.3. The SMILES string of the molecule is O=C(O)c1cc(S(=O)(=O)Nc2ccc(Cl)cn2)ccc1O. The third-order valence-electron chi connectivity index (χ3n) is 2.48. The first kappa shape index (κ1) is 15.1. The van der Waals surface area contributed by atoms with Gasteiger partial charge in [0.1, 0.15) is 17.1 Å². The molecule has 9 heteroatoms. The van der Waals surface area contributed by atoms with E-state index in [2.05, 4.69) is 9.71 Å². The molecule has 110 valence electrons. The van der Waals surface area contributed by atoms with Crippen LogP contribution in [0.5, 0.6) is 5.75 Å². The highest BCUT2D eigenvalue weighted by Gasteiger charge is 2.19. The summed E-state index contributed by atoms with van der Waals surface area (Å²) in [7, 11) is -4.03. The van der Waals surface area contributed by atoms with Crippen molar-refractivity contribution in [1.29, 1.82) is 0 Å². The average molecular weight is 329 g/mol. The van der Waals surface area contributed by atoms with Crippen LogP contribution < -0.4 is 4.72 Å². The average Bonchev–Trinajstić information content (AvgIpc) is 2.41. The van der Waals surface area contributed by atoms with Crippen LogP contribution in [0.2, 0.25) is 5.02 Å². The lowest BCUT2D eigenvalue weighted by molar-refractivity contribution is 0.0693. The van der Waals surface area contributed by atoms with Gasteiger partial charge in [0.05, 0.1) is 9.92 Å². The number of nitrogens with zero attached hydrogens (tertiary/aromatic N) is 1. The maximum Gasteiger partial charge on any atom is 0.339 e. The fourth-order valence-corrected chi connectivity index (χ4v) is 2.63. The summed E-state index contributed by atoms with van der Waals surface area (Å²) in [5, 5.41) is 18.6. The molecule has 0 atom stereocenters. The Morgan fingerprint density at radius 1 is 1.24 bits per heavy atom. The number of anilines is 1. The van der Waals surface area contributed by atoms with Crippen molar-refractivity contribution in [2.75, 3.05) is 4.72 Å². The lowest BCUT2D eigenvalue weighted by Crippen LogP contribution is -2.14. The van der Waals surface area contributed by atoms with E-state index in [0.717, 1.165) is 18.2 Å². The van der Waals surface area contributed by atoms with Crippen LogP contribution in [0.15, 0.2) is 41.4 Å². The van der Waals surface area contributed by atoms with E-state index in [-0.39, 0.29) is 10.7 Å². The molecule has 0 saturated carbocycles. The number of rotatable bonds is 4. The minimum Gasteiger partial charge on any atom is -0.507 e. The minimum absolute atomic E-state index is 0.0318. The van der Waals surface area contributed by atoms with Crippen molar-refractivity contribution in [2.45, 2.75) is 4.90 Å². The fraction of sp³-hybridized carbons (Fsp3) is 0. The molecule has 3 N–H and O–H groups in total. The summed E-state index contributed by atoms with van der Waals surface area (Å²) >= 11 is 5.64. The molecule has 1 heterocycles. The maximum atomic E-state index is 12.1. The van der Waals surface area contributed by atoms with Crippen molar-refractivity contribution >= 4 is 33.4 Å². The molecule has 0 aliphatic rings. The second kappa shape index (κ2) is 5.58. The van der Waals surface area contributed by atoms with E-state index in [1.807, 2.05) is 0 Å². The number of nitrogens with one attached hydrogen (secondary N) is 1. The molecular formula is C12H9ClN2O5S. The number of sulfonamides is 1. The van der Waals surface area contributed by atoms with E-state index in [0.29, 0.717) is 5.02 Å². The molecule has 2 aromatic rings. The van der Waals surface area contributed by atoms with Gasteiger partial charge in [-0.3, -0.25) is 4.72 Å². The molecule has 0 amide bonds. The first-order valence-corrected chi connectivity index (χ1v) is 7.36. The Morgan fingerprint density at radius 3 is 2.52 bits per heavy atom. The van der Waals surface area contributed by atoms with Gasteiger partial charge in [0.25, 0.3) is 10.0 Å². The summed E-state index contributed by atoms with van der Waals surface area (Å²) in [6.07, 6.45) is 1.26. The lowest BCUT2D eigenvalue weighted by Gasteiger charge is -2.08. The Kier molecular flexibility index (Phi) is 4.01. The van der Waals surface area contributed by atoms with Crippen molar-refractivity contribution in [3.8, 4) is 5.75 Å². The number of carboxylic acids is 1. The molecule has 0 spiro atoms. The minimum atomic E-state index is -4.03. The zero-order valence-corrected chi connectivity index (χ0v) is 11.9. The predicted molar refractivity (Wildman–Crippen MR) is 75.1 cm³/mol. The quantitative estimate of drug-likeness (QED) is 0.789. The number of aromatic carboxylic acids is 1. The smallest absolute Gasteiger partial charge is 0.339 e. The van der Waals surface area contributed by atoms with Gasteiger partial charge in [-0.25, -0.2) is 18.2 Å². The maximum absolute atomic E-state index is 12.1.